The van der Waals surface area contributed by atoms with Crippen molar-refractivity contribution in [2.24, 2.45) is 0 Å². The fraction of sp³-hybridized carbons (Fsp3) is 0.273. The molecule has 0 spiro atoms. The van der Waals surface area contributed by atoms with Crippen molar-refractivity contribution in [3.05, 3.63) is 34.3 Å². The SMILES string of the molecule is N#CCN(CC#N)Cc1ccc(Br)cc1. The van der Waals surface area contributed by atoms with Gasteiger partial charge in [0.15, 0.2) is 0 Å². The van der Waals surface area contributed by atoms with Gasteiger partial charge in [0.2, 0.25) is 0 Å². The Morgan fingerprint density at radius 2 is 1.60 bits per heavy atom. The van der Waals surface area contributed by atoms with Crippen LogP contribution >= 0.6 is 15.9 Å². The number of hydrogen-bond acceptors (Lipinski definition) is 3. The maximum absolute atomic E-state index is 8.58. The van der Waals surface area contributed by atoms with E-state index >= 15 is 0 Å². The largest absolute Gasteiger partial charge is 0.273 e. The zero-order chi connectivity index (χ0) is 11.1. The molecule has 0 aromatic heterocycles. The summed E-state index contributed by atoms with van der Waals surface area (Å²) in [5, 5.41) is 17.2. The highest BCUT2D eigenvalue weighted by atomic mass is 79.9. The van der Waals surface area contributed by atoms with Crippen LogP contribution in [0.5, 0.6) is 0 Å². The van der Waals surface area contributed by atoms with Crippen LogP contribution in [0.2, 0.25) is 0 Å². The molecule has 0 heterocycles. The highest BCUT2D eigenvalue weighted by Crippen LogP contribution is 2.11. The molecule has 3 nitrogen and oxygen atoms in total. The topological polar surface area (TPSA) is 50.8 Å². The Balaban J connectivity index is 2.62. The minimum atomic E-state index is 0.281. The Morgan fingerprint density at radius 1 is 1.07 bits per heavy atom. The van der Waals surface area contributed by atoms with Crippen molar-refractivity contribution in [2.75, 3.05) is 13.1 Å². The third-order valence-corrected chi connectivity index (χ3v) is 2.44. The van der Waals surface area contributed by atoms with Crippen LogP contribution in [0, 0.1) is 22.7 Å². The predicted octanol–water partition coefficient (Wildman–Crippen LogP) is 2.30. The molecule has 0 atom stereocenters. The van der Waals surface area contributed by atoms with Crippen LogP contribution in [0.1, 0.15) is 5.56 Å². The minimum Gasteiger partial charge on any atom is -0.273 e. The van der Waals surface area contributed by atoms with E-state index in [0.717, 1.165) is 10.0 Å². The van der Waals surface area contributed by atoms with E-state index in [-0.39, 0.29) is 13.1 Å². The second kappa shape index (κ2) is 6.19. The zero-order valence-electron chi connectivity index (χ0n) is 8.15. The van der Waals surface area contributed by atoms with Crippen molar-refractivity contribution in [2.45, 2.75) is 6.54 Å². The maximum atomic E-state index is 8.58. The van der Waals surface area contributed by atoms with Crippen LogP contribution in [-0.2, 0) is 6.54 Å². The summed E-state index contributed by atoms with van der Waals surface area (Å²) in [5.41, 5.74) is 1.10. The number of benzene rings is 1. The molecule has 0 bridgehead atoms. The Morgan fingerprint density at radius 3 is 2.07 bits per heavy atom. The minimum absolute atomic E-state index is 0.281. The fourth-order valence-corrected chi connectivity index (χ4v) is 1.48. The molecule has 0 N–H and O–H groups in total. The summed E-state index contributed by atoms with van der Waals surface area (Å²) in [5.74, 6) is 0. The van der Waals surface area contributed by atoms with Gasteiger partial charge in [-0.25, -0.2) is 0 Å². The van der Waals surface area contributed by atoms with Gasteiger partial charge in [0.05, 0.1) is 25.2 Å². The molecule has 4 heteroatoms. The van der Waals surface area contributed by atoms with E-state index in [4.69, 9.17) is 10.5 Å². The van der Waals surface area contributed by atoms with Gasteiger partial charge in [-0.05, 0) is 17.7 Å². The lowest BCUT2D eigenvalue weighted by molar-refractivity contribution is 0.335. The van der Waals surface area contributed by atoms with Gasteiger partial charge in [0.25, 0.3) is 0 Å². The highest BCUT2D eigenvalue weighted by Gasteiger charge is 2.04. The maximum Gasteiger partial charge on any atom is 0.0877 e. The molecule has 1 aromatic rings. The van der Waals surface area contributed by atoms with E-state index in [1.807, 2.05) is 36.4 Å². The lowest BCUT2D eigenvalue weighted by Crippen LogP contribution is -2.23. The second-order valence-electron chi connectivity index (χ2n) is 3.09. The monoisotopic (exact) mass is 263 g/mol. The zero-order valence-corrected chi connectivity index (χ0v) is 9.74. The summed E-state index contributed by atoms with van der Waals surface area (Å²) in [6, 6.07) is 12.0. The standard InChI is InChI=1S/C11H10BrN3/c12-11-3-1-10(2-4-11)9-15(7-5-13)8-6-14/h1-4H,7-9H2. The molecule has 0 radical (unpaired) electrons. The summed E-state index contributed by atoms with van der Waals surface area (Å²) in [6.07, 6.45) is 0. The van der Waals surface area contributed by atoms with Crippen LogP contribution in [0.25, 0.3) is 0 Å². The molecule has 0 unspecified atom stereocenters. The predicted molar refractivity (Wildman–Crippen MR) is 60.6 cm³/mol. The van der Waals surface area contributed by atoms with Crippen molar-refractivity contribution in [3.8, 4) is 12.1 Å². The van der Waals surface area contributed by atoms with Gasteiger partial charge in [-0.3, -0.25) is 4.90 Å². The van der Waals surface area contributed by atoms with Crippen LogP contribution in [0.3, 0.4) is 0 Å². The molecule has 76 valence electrons. The molecule has 0 aliphatic carbocycles. The van der Waals surface area contributed by atoms with E-state index in [9.17, 15) is 0 Å². The van der Waals surface area contributed by atoms with E-state index in [2.05, 4.69) is 15.9 Å². The van der Waals surface area contributed by atoms with E-state index < -0.39 is 0 Å². The Kier molecular flexibility index (Phi) is 4.83. The molecular weight excluding hydrogens is 254 g/mol. The third kappa shape index (κ3) is 4.12. The van der Waals surface area contributed by atoms with Gasteiger partial charge >= 0.3 is 0 Å². The Hall–Kier alpha value is -1.36. The molecule has 1 rings (SSSR count). The van der Waals surface area contributed by atoms with E-state index in [1.54, 1.807) is 4.90 Å². The molecule has 0 amide bonds. The molecule has 0 saturated heterocycles. The van der Waals surface area contributed by atoms with Crippen LogP contribution in [0.4, 0.5) is 0 Å². The van der Waals surface area contributed by atoms with Gasteiger partial charge in [0.1, 0.15) is 0 Å². The van der Waals surface area contributed by atoms with Crippen molar-refractivity contribution in [1.29, 1.82) is 10.5 Å². The van der Waals surface area contributed by atoms with Crippen molar-refractivity contribution in [3.63, 3.8) is 0 Å². The average Bonchev–Trinajstić information content (AvgIpc) is 2.22. The highest BCUT2D eigenvalue weighted by molar-refractivity contribution is 9.10. The molecule has 0 saturated carbocycles. The van der Waals surface area contributed by atoms with E-state index in [0.29, 0.717) is 6.54 Å². The molecule has 1 aromatic carbocycles. The first-order valence-corrected chi connectivity index (χ1v) is 5.26. The normalized spacial score (nSPS) is 9.60. The van der Waals surface area contributed by atoms with Gasteiger partial charge in [-0.2, -0.15) is 10.5 Å². The number of hydrogen-bond donors (Lipinski definition) is 0. The number of rotatable bonds is 4. The quantitative estimate of drug-likeness (QED) is 0.784. The fourth-order valence-electron chi connectivity index (χ4n) is 1.22. The molecule has 0 fully saturated rings. The van der Waals surface area contributed by atoms with Gasteiger partial charge in [-0.1, -0.05) is 28.1 Å². The molecule has 0 aliphatic rings. The number of nitriles is 2. The van der Waals surface area contributed by atoms with Crippen LogP contribution in [0.15, 0.2) is 28.7 Å². The summed E-state index contributed by atoms with van der Waals surface area (Å²) in [7, 11) is 0. The van der Waals surface area contributed by atoms with Crippen molar-refractivity contribution >= 4 is 15.9 Å². The van der Waals surface area contributed by atoms with Gasteiger partial charge in [-0.15, -0.1) is 0 Å². The van der Waals surface area contributed by atoms with E-state index in [1.165, 1.54) is 0 Å². The smallest absolute Gasteiger partial charge is 0.0877 e. The third-order valence-electron chi connectivity index (χ3n) is 1.91. The lowest BCUT2D eigenvalue weighted by atomic mass is 10.2. The van der Waals surface area contributed by atoms with Crippen molar-refractivity contribution < 1.29 is 0 Å². The van der Waals surface area contributed by atoms with Gasteiger partial charge < -0.3 is 0 Å². The molecular formula is C11H10BrN3. The molecule has 0 aliphatic heterocycles. The lowest BCUT2D eigenvalue weighted by Gasteiger charge is -2.14. The molecule has 15 heavy (non-hydrogen) atoms. The number of halogens is 1. The van der Waals surface area contributed by atoms with Crippen LogP contribution in [-0.4, -0.2) is 18.0 Å². The summed E-state index contributed by atoms with van der Waals surface area (Å²) in [6.45, 7) is 1.20. The van der Waals surface area contributed by atoms with Gasteiger partial charge in [0, 0.05) is 11.0 Å². The summed E-state index contributed by atoms with van der Waals surface area (Å²) in [4.78, 5) is 1.79. The van der Waals surface area contributed by atoms with Crippen molar-refractivity contribution in [1.82, 2.24) is 4.90 Å². The number of nitrogens with zero attached hydrogens (tertiary/aromatic N) is 3. The van der Waals surface area contributed by atoms with Crippen LogP contribution < -0.4 is 0 Å². The Bertz CT molecular complexity index is 370. The summed E-state index contributed by atoms with van der Waals surface area (Å²) >= 11 is 3.35. The first-order valence-electron chi connectivity index (χ1n) is 4.47. The first-order chi connectivity index (χ1) is 7.26. The Labute approximate surface area is 97.7 Å². The first kappa shape index (κ1) is 11.7. The summed E-state index contributed by atoms with van der Waals surface area (Å²) < 4.78 is 1.03. The second-order valence-corrected chi connectivity index (χ2v) is 4.00. The average molecular weight is 264 g/mol.